The van der Waals surface area contributed by atoms with E-state index in [0.29, 0.717) is 23.3 Å². The fourth-order valence-corrected chi connectivity index (χ4v) is 3.68. The van der Waals surface area contributed by atoms with E-state index in [1.807, 2.05) is 12.1 Å². The van der Waals surface area contributed by atoms with Gasteiger partial charge in [0.2, 0.25) is 0 Å². The average Bonchev–Trinajstić information content (AvgIpc) is 2.46. The molecule has 0 bridgehead atoms. The van der Waals surface area contributed by atoms with Gasteiger partial charge in [-0.2, -0.15) is 0 Å². The van der Waals surface area contributed by atoms with Crippen molar-refractivity contribution in [2.45, 2.75) is 38.7 Å². The highest BCUT2D eigenvalue weighted by atomic mass is 79.9. The molecule has 0 spiro atoms. The molecule has 1 aromatic rings. The number of hydrogen-bond donors (Lipinski definition) is 1. The van der Waals surface area contributed by atoms with Crippen LogP contribution in [0.1, 0.15) is 44.3 Å². The summed E-state index contributed by atoms with van der Waals surface area (Å²) in [6.45, 7) is 2.27. The maximum atomic E-state index is 10.7. The maximum Gasteiger partial charge on any atom is 0.161 e. The monoisotopic (exact) mass is 342 g/mol. The van der Waals surface area contributed by atoms with Crippen LogP contribution in [0.3, 0.4) is 0 Å². The zero-order valence-electron chi connectivity index (χ0n) is 12.4. The predicted molar refractivity (Wildman–Crippen MR) is 83.3 cm³/mol. The molecule has 0 aromatic heterocycles. The highest BCUT2D eigenvalue weighted by Gasteiger charge is 2.28. The first kappa shape index (κ1) is 15.6. The largest absolute Gasteiger partial charge is 0.493 e. The van der Waals surface area contributed by atoms with E-state index in [4.69, 9.17) is 9.47 Å². The summed E-state index contributed by atoms with van der Waals surface area (Å²) in [4.78, 5) is 0. The van der Waals surface area contributed by atoms with Crippen molar-refractivity contribution >= 4 is 15.9 Å². The summed E-state index contributed by atoms with van der Waals surface area (Å²) in [5.41, 5.74) is 0.891. The summed E-state index contributed by atoms with van der Waals surface area (Å²) < 4.78 is 11.5. The molecule has 1 aliphatic carbocycles. The Bertz CT molecular complexity index is 461. The third-order valence-electron chi connectivity index (χ3n) is 4.24. The third-order valence-corrected chi connectivity index (χ3v) is 4.93. The summed E-state index contributed by atoms with van der Waals surface area (Å²) in [5.74, 6) is 2.36. The van der Waals surface area contributed by atoms with E-state index < -0.39 is 6.10 Å². The summed E-state index contributed by atoms with van der Waals surface area (Å²) in [6.07, 6.45) is 4.20. The minimum absolute atomic E-state index is 0.327. The molecule has 4 heteroatoms. The van der Waals surface area contributed by atoms with E-state index in [0.717, 1.165) is 22.9 Å². The molecule has 2 rings (SSSR count). The average molecular weight is 343 g/mol. The molecule has 0 aliphatic heterocycles. The molecule has 0 amide bonds. The number of ether oxygens (including phenoxy) is 2. The zero-order chi connectivity index (χ0) is 14.7. The van der Waals surface area contributed by atoms with E-state index in [1.165, 1.54) is 12.8 Å². The highest BCUT2D eigenvalue weighted by molar-refractivity contribution is 9.10. The Balaban J connectivity index is 2.26. The van der Waals surface area contributed by atoms with Crippen molar-refractivity contribution in [1.82, 2.24) is 0 Å². The van der Waals surface area contributed by atoms with Gasteiger partial charge >= 0.3 is 0 Å². The van der Waals surface area contributed by atoms with E-state index >= 15 is 0 Å². The molecular weight excluding hydrogens is 320 g/mol. The molecule has 3 nitrogen and oxygen atoms in total. The number of hydrogen-bond acceptors (Lipinski definition) is 3. The molecule has 1 aliphatic rings. The van der Waals surface area contributed by atoms with Crippen LogP contribution in [0.5, 0.6) is 11.5 Å². The van der Waals surface area contributed by atoms with Crippen LogP contribution in [0.15, 0.2) is 16.6 Å². The Morgan fingerprint density at radius 3 is 2.45 bits per heavy atom. The fraction of sp³-hybridized carbons (Fsp3) is 0.625. The fourth-order valence-electron chi connectivity index (χ4n) is 3.12. The summed E-state index contributed by atoms with van der Waals surface area (Å²) in [5, 5.41) is 10.7. The molecule has 20 heavy (non-hydrogen) atoms. The van der Waals surface area contributed by atoms with E-state index in [9.17, 15) is 5.11 Å². The molecule has 3 unspecified atom stereocenters. The number of aliphatic hydroxyl groups is 1. The number of halogens is 1. The lowest BCUT2D eigenvalue weighted by atomic mass is 9.78. The first-order chi connectivity index (χ1) is 9.56. The summed E-state index contributed by atoms with van der Waals surface area (Å²) in [7, 11) is 3.23. The third kappa shape index (κ3) is 3.29. The number of rotatable bonds is 4. The smallest absolute Gasteiger partial charge is 0.161 e. The van der Waals surface area contributed by atoms with Gasteiger partial charge in [-0.1, -0.05) is 35.7 Å². The van der Waals surface area contributed by atoms with Crippen molar-refractivity contribution in [3.63, 3.8) is 0 Å². The molecule has 1 fully saturated rings. The van der Waals surface area contributed by atoms with Gasteiger partial charge in [-0.15, -0.1) is 0 Å². The first-order valence-electron chi connectivity index (χ1n) is 7.16. The molecule has 1 saturated carbocycles. The van der Waals surface area contributed by atoms with Gasteiger partial charge in [0.15, 0.2) is 11.5 Å². The van der Waals surface area contributed by atoms with Crippen molar-refractivity contribution in [3.05, 3.63) is 22.2 Å². The molecule has 1 aromatic carbocycles. The van der Waals surface area contributed by atoms with Crippen LogP contribution in [0.25, 0.3) is 0 Å². The Hall–Kier alpha value is -0.740. The Morgan fingerprint density at radius 2 is 1.85 bits per heavy atom. The maximum absolute atomic E-state index is 10.7. The molecule has 1 N–H and O–H groups in total. The van der Waals surface area contributed by atoms with Crippen LogP contribution in [-0.4, -0.2) is 19.3 Å². The number of methoxy groups -OCH3 is 2. The normalized spacial score (nSPS) is 24.2. The van der Waals surface area contributed by atoms with Gasteiger partial charge in [0.25, 0.3) is 0 Å². The van der Waals surface area contributed by atoms with Crippen LogP contribution >= 0.6 is 15.9 Å². The molecule has 112 valence electrons. The van der Waals surface area contributed by atoms with Gasteiger partial charge in [0, 0.05) is 4.47 Å². The van der Waals surface area contributed by atoms with Crippen molar-refractivity contribution in [2.75, 3.05) is 14.2 Å². The van der Waals surface area contributed by atoms with E-state index in [1.54, 1.807) is 14.2 Å². The quantitative estimate of drug-likeness (QED) is 0.885. The molecular formula is C16H23BrO3. The Morgan fingerprint density at radius 1 is 1.20 bits per heavy atom. The number of benzene rings is 1. The first-order valence-corrected chi connectivity index (χ1v) is 7.95. The lowest BCUT2D eigenvalue weighted by Gasteiger charge is -2.31. The highest BCUT2D eigenvalue weighted by Crippen LogP contribution is 2.42. The van der Waals surface area contributed by atoms with Crippen LogP contribution in [0.2, 0.25) is 0 Å². The standard InChI is InChI=1S/C16H23BrO3/c1-10-5-4-6-11(7-10)16(18)12-8-14(19-2)15(20-3)9-13(12)17/h8-11,16,18H,4-7H2,1-3H3. The summed E-state index contributed by atoms with van der Waals surface area (Å²) >= 11 is 3.54. The van der Waals surface area contributed by atoms with Crippen molar-refractivity contribution < 1.29 is 14.6 Å². The van der Waals surface area contributed by atoms with Gasteiger partial charge in [-0.3, -0.25) is 0 Å². The summed E-state index contributed by atoms with van der Waals surface area (Å²) in [6, 6.07) is 3.75. The van der Waals surface area contributed by atoms with Crippen molar-refractivity contribution in [2.24, 2.45) is 11.8 Å². The van der Waals surface area contributed by atoms with Gasteiger partial charge in [-0.05, 0) is 42.4 Å². The van der Waals surface area contributed by atoms with Gasteiger partial charge in [-0.25, -0.2) is 0 Å². The van der Waals surface area contributed by atoms with E-state index in [-0.39, 0.29) is 0 Å². The SMILES string of the molecule is COc1cc(Br)c(C(O)C2CCCC(C)C2)cc1OC. The second kappa shape index (κ2) is 6.81. The van der Waals surface area contributed by atoms with Crippen LogP contribution in [0.4, 0.5) is 0 Å². The topological polar surface area (TPSA) is 38.7 Å². The Kier molecular flexibility index (Phi) is 5.33. The second-order valence-corrected chi connectivity index (χ2v) is 6.56. The van der Waals surface area contributed by atoms with Gasteiger partial charge in [0.1, 0.15) is 0 Å². The minimum atomic E-state index is -0.452. The Labute approximate surface area is 129 Å². The van der Waals surface area contributed by atoms with Crippen LogP contribution < -0.4 is 9.47 Å². The zero-order valence-corrected chi connectivity index (χ0v) is 13.9. The van der Waals surface area contributed by atoms with Crippen molar-refractivity contribution in [3.8, 4) is 11.5 Å². The molecule has 0 heterocycles. The minimum Gasteiger partial charge on any atom is -0.493 e. The van der Waals surface area contributed by atoms with Crippen LogP contribution in [-0.2, 0) is 0 Å². The second-order valence-electron chi connectivity index (χ2n) is 5.71. The lowest BCUT2D eigenvalue weighted by Crippen LogP contribution is -2.20. The number of aliphatic hydroxyl groups excluding tert-OH is 1. The van der Waals surface area contributed by atoms with Gasteiger partial charge < -0.3 is 14.6 Å². The molecule has 3 atom stereocenters. The predicted octanol–water partition coefficient (Wildman–Crippen LogP) is 4.33. The molecule has 0 saturated heterocycles. The van der Waals surface area contributed by atoms with Gasteiger partial charge in [0.05, 0.1) is 20.3 Å². The van der Waals surface area contributed by atoms with Crippen molar-refractivity contribution in [1.29, 1.82) is 0 Å². The van der Waals surface area contributed by atoms with E-state index in [2.05, 4.69) is 22.9 Å². The van der Waals surface area contributed by atoms with Crippen LogP contribution in [0, 0.1) is 11.8 Å². The lowest BCUT2D eigenvalue weighted by molar-refractivity contribution is 0.0706. The molecule has 0 radical (unpaired) electrons.